The lowest BCUT2D eigenvalue weighted by Gasteiger charge is -2.13. The van der Waals surface area contributed by atoms with E-state index < -0.39 is 0 Å². The molecule has 0 saturated heterocycles. The fourth-order valence-electron chi connectivity index (χ4n) is 1.38. The van der Waals surface area contributed by atoms with E-state index >= 15 is 0 Å². The summed E-state index contributed by atoms with van der Waals surface area (Å²) in [6.45, 7) is 3.85. The Bertz CT molecular complexity index is 403. The Hall–Kier alpha value is -1.62. The van der Waals surface area contributed by atoms with Gasteiger partial charge >= 0.3 is 6.03 Å². The summed E-state index contributed by atoms with van der Waals surface area (Å²) >= 11 is 4.77. The fourth-order valence-corrected chi connectivity index (χ4v) is 1.63. The normalized spacial score (nSPS) is 11.6. The van der Waals surface area contributed by atoms with Crippen molar-refractivity contribution in [1.82, 2.24) is 5.32 Å². The van der Waals surface area contributed by atoms with Gasteiger partial charge in [-0.25, -0.2) is 4.79 Å². The first kappa shape index (κ1) is 13.4. The third-order valence-corrected chi connectivity index (χ3v) is 2.36. The van der Waals surface area contributed by atoms with Crippen LogP contribution < -0.4 is 16.4 Å². The maximum absolute atomic E-state index is 11.6. The van der Waals surface area contributed by atoms with Crippen molar-refractivity contribution in [1.29, 1.82) is 0 Å². The summed E-state index contributed by atoms with van der Waals surface area (Å²) in [5.74, 6) is 0. The van der Waals surface area contributed by atoms with Crippen LogP contribution in [-0.4, -0.2) is 17.1 Å². The van der Waals surface area contributed by atoms with Gasteiger partial charge in [0, 0.05) is 18.2 Å². The van der Waals surface area contributed by atoms with Gasteiger partial charge in [-0.1, -0.05) is 29.9 Å². The van der Waals surface area contributed by atoms with Crippen molar-refractivity contribution in [2.45, 2.75) is 26.3 Å². The van der Waals surface area contributed by atoms with Crippen LogP contribution in [0.2, 0.25) is 0 Å². The van der Waals surface area contributed by atoms with Crippen molar-refractivity contribution >= 4 is 28.9 Å². The first-order chi connectivity index (χ1) is 7.97. The molecule has 0 aliphatic rings. The highest BCUT2D eigenvalue weighted by molar-refractivity contribution is 7.80. The molecule has 1 aromatic rings. The number of anilines is 1. The molecule has 1 aromatic carbocycles. The lowest BCUT2D eigenvalue weighted by atomic mass is 10.2. The number of urea groups is 1. The average Bonchev–Trinajstić information content (AvgIpc) is 2.19. The van der Waals surface area contributed by atoms with Crippen LogP contribution in [0.1, 0.15) is 18.9 Å². The summed E-state index contributed by atoms with van der Waals surface area (Å²) in [6, 6.07) is 7.26. The monoisotopic (exact) mass is 251 g/mol. The van der Waals surface area contributed by atoms with Gasteiger partial charge in [-0.05, 0) is 26.0 Å². The number of nitrogens with two attached hydrogens (primary N) is 1. The fraction of sp³-hybridized carbons (Fsp3) is 0.333. The molecule has 4 nitrogen and oxygen atoms in total. The zero-order valence-corrected chi connectivity index (χ0v) is 10.8. The van der Waals surface area contributed by atoms with Gasteiger partial charge in [-0.15, -0.1) is 0 Å². The number of aryl methyl sites for hydroxylation is 1. The topological polar surface area (TPSA) is 67.2 Å². The number of carbonyl (C=O) groups excluding carboxylic acids is 1. The van der Waals surface area contributed by atoms with Crippen LogP contribution in [0.5, 0.6) is 0 Å². The van der Waals surface area contributed by atoms with Crippen LogP contribution in [0.25, 0.3) is 0 Å². The second-order valence-corrected chi connectivity index (χ2v) is 4.56. The lowest BCUT2D eigenvalue weighted by molar-refractivity contribution is 0.249. The maximum Gasteiger partial charge on any atom is 0.319 e. The van der Waals surface area contributed by atoms with E-state index in [4.69, 9.17) is 18.0 Å². The summed E-state index contributed by atoms with van der Waals surface area (Å²) in [5, 5.41) is 5.50. The van der Waals surface area contributed by atoms with Gasteiger partial charge < -0.3 is 16.4 Å². The van der Waals surface area contributed by atoms with Crippen LogP contribution in [0.4, 0.5) is 10.5 Å². The molecule has 4 N–H and O–H groups in total. The second-order valence-electron chi connectivity index (χ2n) is 4.04. The molecule has 17 heavy (non-hydrogen) atoms. The van der Waals surface area contributed by atoms with E-state index in [-0.39, 0.29) is 12.1 Å². The van der Waals surface area contributed by atoms with E-state index in [2.05, 4.69) is 10.6 Å². The Morgan fingerprint density at radius 1 is 1.41 bits per heavy atom. The van der Waals surface area contributed by atoms with Crippen LogP contribution in [-0.2, 0) is 0 Å². The molecular weight excluding hydrogens is 234 g/mol. The molecule has 0 heterocycles. The third-order valence-electron chi connectivity index (χ3n) is 2.19. The number of nitrogens with one attached hydrogen (secondary N) is 2. The molecule has 1 unspecified atom stereocenters. The maximum atomic E-state index is 11.6. The number of carbonyl (C=O) groups is 1. The SMILES string of the molecule is Cc1ccc(NC(=O)NC(C)CC(N)=S)cc1. The van der Waals surface area contributed by atoms with E-state index in [9.17, 15) is 4.79 Å². The first-order valence-electron chi connectivity index (χ1n) is 5.40. The van der Waals surface area contributed by atoms with Crippen molar-refractivity contribution in [3.63, 3.8) is 0 Å². The van der Waals surface area contributed by atoms with Crippen LogP contribution in [0.15, 0.2) is 24.3 Å². The van der Waals surface area contributed by atoms with Gasteiger partial charge in [0.05, 0.1) is 4.99 Å². The minimum Gasteiger partial charge on any atom is -0.393 e. The molecule has 0 fully saturated rings. The van der Waals surface area contributed by atoms with Crippen LogP contribution in [0.3, 0.4) is 0 Å². The number of amides is 2. The van der Waals surface area contributed by atoms with E-state index in [0.29, 0.717) is 11.4 Å². The van der Waals surface area contributed by atoms with Crippen molar-refractivity contribution in [3.05, 3.63) is 29.8 Å². The highest BCUT2D eigenvalue weighted by Crippen LogP contribution is 2.08. The van der Waals surface area contributed by atoms with Crippen molar-refractivity contribution in [2.24, 2.45) is 5.73 Å². The summed E-state index contributed by atoms with van der Waals surface area (Å²) in [7, 11) is 0. The number of rotatable bonds is 4. The lowest BCUT2D eigenvalue weighted by Crippen LogP contribution is -2.38. The largest absolute Gasteiger partial charge is 0.393 e. The Labute approximate surface area is 107 Å². The van der Waals surface area contributed by atoms with Gasteiger partial charge in [-0.3, -0.25) is 0 Å². The molecule has 1 rings (SSSR count). The minimum absolute atomic E-state index is 0.0713. The predicted molar refractivity (Wildman–Crippen MR) is 74.2 cm³/mol. The Morgan fingerprint density at radius 2 is 2.00 bits per heavy atom. The van der Waals surface area contributed by atoms with E-state index in [1.54, 1.807) is 0 Å². The molecule has 0 aliphatic heterocycles. The van der Waals surface area contributed by atoms with Gasteiger partial charge in [-0.2, -0.15) is 0 Å². The molecule has 0 aliphatic carbocycles. The molecule has 92 valence electrons. The van der Waals surface area contributed by atoms with Crippen molar-refractivity contribution in [2.75, 3.05) is 5.32 Å². The highest BCUT2D eigenvalue weighted by Gasteiger charge is 2.07. The Morgan fingerprint density at radius 3 is 2.53 bits per heavy atom. The summed E-state index contributed by atoms with van der Waals surface area (Å²) in [5.41, 5.74) is 7.31. The predicted octanol–water partition coefficient (Wildman–Crippen LogP) is 2.18. The molecule has 0 bridgehead atoms. The standard InChI is InChI=1S/C12H17N3OS/c1-8-3-5-10(6-4-8)15-12(16)14-9(2)7-11(13)17/h3-6,9H,7H2,1-2H3,(H2,13,17)(H2,14,15,16). The van der Waals surface area contributed by atoms with E-state index in [1.165, 1.54) is 0 Å². The van der Waals surface area contributed by atoms with Crippen LogP contribution >= 0.6 is 12.2 Å². The minimum atomic E-state index is -0.252. The highest BCUT2D eigenvalue weighted by atomic mass is 32.1. The molecule has 0 spiro atoms. The van der Waals surface area contributed by atoms with Gasteiger partial charge in [0.1, 0.15) is 0 Å². The first-order valence-corrected chi connectivity index (χ1v) is 5.80. The van der Waals surface area contributed by atoms with Crippen LogP contribution in [0, 0.1) is 6.92 Å². The van der Waals surface area contributed by atoms with Gasteiger partial charge in [0.25, 0.3) is 0 Å². The third kappa shape index (κ3) is 5.31. The van der Waals surface area contributed by atoms with E-state index in [1.807, 2.05) is 38.1 Å². The number of benzene rings is 1. The molecule has 2 amide bonds. The molecule has 0 radical (unpaired) electrons. The van der Waals surface area contributed by atoms with Crippen molar-refractivity contribution < 1.29 is 4.79 Å². The zero-order chi connectivity index (χ0) is 12.8. The average molecular weight is 251 g/mol. The Balaban J connectivity index is 2.44. The smallest absolute Gasteiger partial charge is 0.319 e. The summed E-state index contributed by atoms with van der Waals surface area (Å²) in [4.78, 5) is 12.0. The quantitative estimate of drug-likeness (QED) is 0.718. The molecule has 1 atom stereocenters. The number of hydrogen-bond acceptors (Lipinski definition) is 2. The number of thiocarbonyl (C=S) groups is 1. The summed E-state index contributed by atoms with van der Waals surface area (Å²) in [6.07, 6.45) is 0.497. The van der Waals surface area contributed by atoms with E-state index in [0.717, 1.165) is 11.3 Å². The number of hydrogen-bond donors (Lipinski definition) is 3. The summed E-state index contributed by atoms with van der Waals surface area (Å²) < 4.78 is 0. The van der Waals surface area contributed by atoms with Crippen molar-refractivity contribution in [3.8, 4) is 0 Å². The second kappa shape index (κ2) is 6.20. The van der Waals surface area contributed by atoms with Gasteiger partial charge in [0.15, 0.2) is 0 Å². The molecule has 0 aromatic heterocycles. The molecule has 0 saturated carbocycles. The zero-order valence-electron chi connectivity index (χ0n) is 9.99. The van der Waals surface area contributed by atoms with Gasteiger partial charge in [0.2, 0.25) is 0 Å². The molecular formula is C12H17N3OS. The Kier molecular flexibility index (Phi) is 4.90. The molecule has 5 heteroatoms.